The van der Waals surface area contributed by atoms with E-state index in [1.807, 2.05) is 4.90 Å². The molecule has 0 radical (unpaired) electrons. The van der Waals surface area contributed by atoms with Crippen molar-refractivity contribution in [2.75, 3.05) is 18.0 Å². The SMILES string of the molecule is CC(C)(C)OC(=O)NC1CCN(c2cc(CC(F)(F)F)ncn2)C1. The van der Waals surface area contributed by atoms with Crippen LogP contribution in [0, 0.1) is 0 Å². The van der Waals surface area contributed by atoms with Crippen molar-refractivity contribution in [3.63, 3.8) is 0 Å². The van der Waals surface area contributed by atoms with E-state index in [1.165, 1.54) is 6.07 Å². The zero-order chi connectivity index (χ0) is 18.0. The minimum absolute atomic E-state index is 0.0731. The molecule has 0 spiro atoms. The van der Waals surface area contributed by atoms with Crippen molar-refractivity contribution in [1.82, 2.24) is 15.3 Å². The van der Waals surface area contributed by atoms with Crippen molar-refractivity contribution < 1.29 is 22.7 Å². The third kappa shape index (κ3) is 5.86. The molecule has 1 aromatic heterocycles. The first-order valence-corrected chi connectivity index (χ1v) is 7.64. The monoisotopic (exact) mass is 346 g/mol. The Labute approximate surface area is 138 Å². The van der Waals surface area contributed by atoms with Crippen LogP contribution in [0.25, 0.3) is 0 Å². The molecule has 1 aromatic rings. The second kappa shape index (κ2) is 6.82. The van der Waals surface area contributed by atoms with Crippen molar-refractivity contribution in [3.8, 4) is 0 Å². The van der Waals surface area contributed by atoms with E-state index in [0.717, 1.165) is 6.33 Å². The Morgan fingerprint density at radius 1 is 1.38 bits per heavy atom. The van der Waals surface area contributed by atoms with Gasteiger partial charge in [0, 0.05) is 19.2 Å². The molecular weight excluding hydrogens is 325 g/mol. The van der Waals surface area contributed by atoms with Gasteiger partial charge in [0.15, 0.2) is 0 Å². The fourth-order valence-corrected chi connectivity index (χ4v) is 2.42. The minimum atomic E-state index is -4.31. The highest BCUT2D eigenvalue weighted by Crippen LogP contribution is 2.23. The maximum Gasteiger partial charge on any atom is 0.407 e. The number of aromatic nitrogens is 2. The van der Waals surface area contributed by atoms with E-state index in [-0.39, 0.29) is 11.7 Å². The second-order valence-electron chi connectivity index (χ2n) is 6.74. The van der Waals surface area contributed by atoms with Gasteiger partial charge in [0.1, 0.15) is 17.7 Å². The number of hydrogen-bond donors (Lipinski definition) is 1. The molecule has 2 rings (SSSR count). The average molecular weight is 346 g/mol. The van der Waals surface area contributed by atoms with E-state index in [4.69, 9.17) is 4.74 Å². The van der Waals surface area contributed by atoms with Crippen molar-refractivity contribution in [1.29, 1.82) is 0 Å². The third-order valence-corrected chi connectivity index (χ3v) is 3.32. The van der Waals surface area contributed by atoms with Gasteiger partial charge >= 0.3 is 12.3 Å². The Bertz CT molecular complexity index is 587. The molecule has 0 aliphatic carbocycles. The number of hydrogen-bond acceptors (Lipinski definition) is 5. The zero-order valence-electron chi connectivity index (χ0n) is 13.9. The van der Waals surface area contributed by atoms with E-state index in [9.17, 15) is 18.0 Å². The average Bonchev–Trinajstić information content (AvgIpc) is 2.83. The van der Waals surface area contributed by atoms with Gasteiger partial charge in [0.2, 0.25) is 0 Å². The first-order valence-electron chi connectivity index (χ1n) is 7.64. The van der Waals surface area contributed by atoms with Crippen LogP contribution in [-0.4, -0.2) is 47.0 Å². The molecular formula is C15H21F3N4O2. The smallest absolute Gasteiger partial charge is 0.407 e. The summed E-state index contributed by atoms with van der Waals surface area (Å²) in [4.78, 5) is 21.3. The number of nitrogens with zero attached hydrogens (tertiary/aromatic N) is 3. The van der Waals surface area contributed by atoms with Crippen LogP contribution in [0.5, 0.6) is 0 Å². The van der Waals surface area contributed by atoms with Gasteiger partial charge < -0.3 is 15.0 Å². The zero-order valence-corrected chi connectivity index (χ0v) is 13.9. The molecule has 0 aromatic carbocycles. The number of halogens is 3. The Hall–Kier alpha value is -2.06. The first-order chi connectivity index (χ1) is 11.0. The summed E-state index contributed by atoms with van der Waals surface area (Å²) in [5, 5.41) is 2.76. The molecule has 2 heterocycles. The summed E-state index contributed by atoms with van der Waals surface area (Å²) in [6.45, 7) is 6.37. The second-order valence-corrected chi connectivity index (χ2v) is 6.74. The lowest BCUT2D eigenvalue weighted by Gasteiger charge is -2.22. The van der Waals surface area contributed by atoms with Crippen LogP contribution in [0.2, 0.25) is 0 Å². The highest BCUT2D eigenvalue weighted by molar-refractivity contribution is 5.68. The van der Waals surface area contributed by atoms with Crippen LogP contribution in [0.4, 0.5) is 23.8 Å². The number of ether oxygens (including phenoxy) is 1. The van der Waals surface area contributed by atoms with Crippen molar-refractivity contribution in [2.24, 2.45) is 0 Å². The van der Waals surface area contributed by atoms with Gasteiger partial charge in [-0.05, 0) is 27.2 Å². The van der Waals surface area contributed by atoms with Crippen LogP contribution in [0.3, 0.4) is 0 Å². The largest absolute Gasteiger partial charge is 0.444 e. The molecule has 1 amide bonds. The van der Waals surface area contributed by atoms with E-state index in [2.05, 4.69) is 15.3 Å². The summed E-state index contributed by atoms with van der Waals surface area (Å²) < 4.78 is 42.6. The van der Waals surface area contributed by atoms with E-state index < -0.39 is 24.3 Å². The molecule has 1 fully saturated rings. The van der Waals surface area contributed by atoms with Gasteiger partial charge in [-0.15, -0.1) is 0 Å². The Morgan fingerprint density at radius 2 is 2.08 bits per heavy atom. The molecule has 6 nitrogen and oxygen atoms in total. The van der Waals surface area contributed by atoms with Crippen LogP contribution in [-0.2, 0) is 11.2 Å². The molecule has 0 bridgehead atoms. The lowest BCUT2D eigenvalue weighted by atomic mass is 10.2. The van der Waals surface area contributed by atoms with E-state index in [1.54, 1.807) is 20.8 Å². The molecule has 0 saturated carbocycles. The number of rotatable bonds is 3. The summed E-state index contributed by atoms with van der Waals surface area (Å²) in [5.74, 6) is 0.428. The van der Waals surface area contributed by atoms with Crippen molar-refractivity contribution in [2.45, 2.75) is 51.4 Å². The number of alkyl carbamates (subject to hydrolysis) is 1. The molecule has 9 heteroatoms. The summed E-state index contributed by atoms with van der Waals surface area (Å²) >= 11 is 0. The standard InChI is InChI=1S/C15H21F3N4O2/c1-14(2,3)24-13(23)21-10-4-5-22(8-10)12-6-11(19-9-20-12)7-15(16,17)18/h6,9-10H,4-5,7-8H2,1-3H3,(H,21,23). The van der Waals surface area contributed by atoms with E-state index >= 15 is 0 Å². The van der Waals surface area contributed by atoms with Gasteiger partial charge in [0.25, 0.3) is 0 Å². The lowest BCUT2D eigenvalue weighted by Crippen LogP contribution is -2.40. The van der Waals surface area contributed by atoms with Gasteiger partial charge in [-0.2, -0.15) is 13.2 Å². The molecule has 24 heavy (non-hydrogen) atoms. The fraction of sp³-hybridized carbons (Fsp3) is 0.667. The maximum atomic E-state index is 12.5. The molecule has 1 saturated heterocycles. The highest BCUT2D eigenvalue weighted by Gasteiger charge is 2.30. The summed E-state index contributed by atoms with van der Waals surface area (Å²) in [7, 11) is 0. The van der Waals surface area contributed by atoms with Crippen LogP contribution >= 0.6 is 0 Å². The third-order valence-electron chi connectivity index (χ3n) is 3.32. The molecule has 1 aliphatic rings. The number of anilines is 1. The van der Waals surface area contributed by atoms with Gasteiger partial charge in [-0.3, -0.25) is 0 Å². The summed E-state index contributed by atoms with van der Waals surface area (Å²) in [5.41, 5.74) is -0.655. The first kappa shape index (κ1) is 18.3. The quantitative estimate of drug-likeness (QED) is 0.911. The van der Waals surface area contributed by atoms with Crippen LogP contribution in [0.1, 0.15) is 32.9 Å². The predicted molar refractivity (Wildman–Crippen MR) is 81.8 cm³/mol. The van der Waals surface area contributed by atoms with Crippen LogP contribution in [0.15, 0.2) is 12.4 Å². The van der Waals surface area contributed by atoms with Gasteiger partial charge in [-0.25, -0.2) is 14.8 Å². The number of amides is 1. The number of alkyl halides is 3. The normalized spacial score (nSPS) is 18.6. The number of carbonyl (C=O) groups excluding carboxylic acids is 1. The summed E-state index contributed by atoms with van der Waals surface area (Å²) in [6, 6.07) is 1.20. The Kier molecular flexibility index (Phi) is 5.19. The Morgan fingerprint density at radius 3 is 2.71 bits per heavy atom. The number of carbonyl (C=O) groups is 1. The Balaban J connectivity index is 1.93. The minimum Gasteiger partial charge on any atom is -0.444 e. The van der Waals surface area contributed by atoms with E-state index in [0.29, 0.717) is 25.3 Å². The topological polar surface area (TPSA) is 67.3 Å². The van der Waals surface area contributed by atoms with Gasteiger partial charge in [0.05, 0.1) is 18.2 Å². The molecule has 1 N–H and O–H groups in total. The van der Waals surface area contributed by atoms with Crippen molar-refractivity contribution in [3.05, 3.63) is 18.1 Å². The predicted octanol–water partition coefficient (Wildman–Crippen LogP) is 2.68. The highest BCUT2D eigenvalue weighted by atomic mass is 19.4. The molecule has 1 aliphatic heterocycles. The maximum absolute atomic E-state index is 12.5. The van der Waals surface area contributed by atoms with Crippen molar-refractivity contribution >= 4 is 11.9 Å². The molecule has 1 unspecified atom stereocenters. The molecule has 134 valence electrons. The lowest BCUT2D eigenvalue weighted by molar-refractivity contribution is -0.127. The molecule has 1 atom stereocenters. The fourth-order valence-electron chi connectivity index (χ4n) is 2.42. The number of nitrogens with one attached hydrogen (secondary N) is 1. The van der Waals surface area contributed by atoms with Crippen LogP contribution < -0.4 is 10.2 Å². The van der Waals surface area contributed by atoms with Gasteiger partial charge in [-0.1, -0.05) is 0 Å². The summed E-state index contributed by atoms with van der Waals surface area (Å²) in [6.07, 6.45) is -4.11.